The summed E-state index contributed by atoms with van der Waals surface area (Å²) < 4.78 is 26.4. The van der Waals surface area contributed by atoms with Crippen molar-refractivity contribution in [3.8, 4) is 11.5 Å². The molecule has 6 nitrogen and oxygen atoms in total. The monoisotopic (exact) mass is 475 g/mol. The van der Waals surface area contributed by atoms with Crippen molar-refractivity contribution in [3.63, 3.8) is 0 Å². The standard InChI is InChI=1S/C26H37NO5S/c1-5-6-20(2)26(17-23(29)15-16-28)33(30)27(18-21-7-11-24(31-3)12-8-21)19-22-9-13-25(32-4)14-10-22/h5,7-14,20,23,26,28-29H,1,6,15-19H2,2-4H3/t20-,23-,26-/m0/s1. The average Bonchev–Trinajstić information content (AvgIpc) is 2.83. The van der Waals surface area contributed by atoms with Gasteiger partial charge in [-0.1, -0.05) is 13.0 Å². The molecule has 2 rings (SSSR count). The van der Waals surface area contributed by atoms with E-state index in [4.69, 9.17) is 9.47 Å². The van der Waals surface area contributed by atoms with Gasteiger partial charge in [0.25, 0.3) is 0 Å². The van der Waals surface area contributed by atoms with Crippen LogP contribution in [0.25, 0.3) is 0 Å². The van der Waals surface area contributed by atoms with Gasteiger partial charge >= 0.3 is 0 Å². The van der Waals surface area contributed by atoms with E-state index in [1.807, 2.05) is 65.5 Å². The van der Waals surface area contributed by atoms with Crippen LogP contribution in [0.4, 0.5) is 0 Å². The van der Waals surface area contributed by atoms with Gasteiger partial charge in [0.2, 0.25) is 0 Å². The van der Waals surface area contributed by atoms with Crippen molar-refractivity contribution in [2.45, 2.75) is 50.6 Å². The van der Waals surface area contributed by atoms with Crippen LogP contribution in [0.2, 0.25) is 0 Å². The predicted octanol–water partition coefficient (Wildman–Crippen LogP) is 4.28. The molecule has 2 N–H and O–H groups in total. The quantitative estimate of drug-likeness (QED) is 0.242. The number of hydrogen-bond donors (Lipinski definition) is 2. The van der Waals surface area contributed by atoms with Crippen molar-refractivity contribution in [1.29, 1.82) is 0 Å². The van der Waals surface area contributed by atoms with Gasteiger partial charge in [-0.15, -0.1) is 6.58 Å². The van der Waals surface area contributed by atoms with Crippen molar-refractivity contribution in [3.05, 3.63) is 72.3 Å². The Kier molecular flexibility index (Phi) is 11.4. The number of ether oxygens (including phenoxy) is 2. The molecule has 0 amide bonds. The topological polar surface area (TPSA) is 79.0 Å². The number of methoxy groups -OCH3 is 2. The molecule has 0 radical (unpaired) electrons. The van der Waals surface area contributed by atoms with E-state index in [1.165, 1.54) is 0 Å². The van der Waals surface area contributed by atoms with Crippen LogP contribution >= 0.6 is 0 Å². The van der Waals surface area contributed by atoms with E-state index in [0.29, 0.717) is 25.9 Å². The molecular formula is C26H37NO5S. The largest absolute Gasteiger partial charge is 0.497 e. The van der Waals surface area contributed by atoms with Crippen molar-refractivity contribution >= 4 is 10.6 Å². The van der Waals surface area contributed by atoms with Crippen molar-refractivity contribution in [2.24, 2.45) is 5.92 Å². The predicted molar refractivity (Wildman–Crippen MR) is 132 cm³/mol. The second kappa shape index (κ2) is 14.0. The van der Waals surface area contributed by atoms with Crippen molar-refractivity contribution in [2.75, 3.05) is 20.8 Å². The maximum Gasteiger partial charge on any atom is 0.149 e. The lowest BCUT2D eigenvalue weighted by Crippen LogP contribution is -2.30. The number of rotatable bonds is 14. The molecule has 0 aromatic heterocycles. The first-order valence-electron chi connectivity index (χ1n) is 11.2. The maximum absolute atomic E-state index is 13.9. The number of allylic oxidation sites excluding steroid dienone is 1. The summed E-state index contributed by atoms with van der Waals surface area (Å²) in [5, 5.41) is 19.4. The molecule has 0 aliphatic rings. The Bertz CT molecular complexity index is 885. The van der Waals surface area contributed by atoms with Gasteiger partial charge in [-0.3, -0.25) is 0 Å². The molecule has 0 fully saturated rings. The van der Waals surface area contributed by atoms with Gasteiger partial charge in [-0.2, -0.15) is 0 Å². The summed E-state index contributed by atoms with van der Waals surface area (Å²) >= 11 is 0. The molecule has 182 valence electrons. The number of aliphatic hydroxyl groups is 2. The summed E-state index contributed by atoms with van der Waals surface area (Å²) in [7, 11) is 1.87. The highest BCUT2D eigenvalue weighted by atomic mass is 32.2. The van der Waals surface area contributed by atoms with Crippen LogP contribution in [0.3, 0.4) is 0 Å². The first-order chi connectivity index (χ1) is 15.9. The van der Waals surface area contributed by atoms with E-state index in [2.05, 4.69) is 6.58 Å². The van der Waals surface area contributed by atoms with Gasteiger partial charge in [0, 0.05) is 17.7 Å². The Morgan fingerprint density at radius 3 is 1.88 bits per heavy atom. The zero-order valence-electron chi connectivity index (χ0n) is 19.9. The zero-order valence-corrected chi connectivity index (χ0v) is 20.7. The molecule has 7 heteroatoms. The van der Waals surface area contributed by atoms with Gasteiger partial charge < -0.3 is 27.8 Å². The molecule has 0 heterocycles. The summed E-state index contributed by atoms with van der Waals surface area (Å²) in [6.07, 6.45) is 2.43. The van der Waals surface area contributed by atoms with Gasteiger partial charge in [-0.05, 0) is 89.6 Å². The van der Waals surface area contributed by atoms with Crippen LogP contribution in [0, 0.1) is 5.92 Å². The highest BCUT2D eigenvalue weighted by Gasteiger charge is 2.20. The summed E-state index contributed by atoms with van der Waals surface area (Å²) in [5.74, 6) is 1.60. The van der Waals surface area contributed by atoms with Crippen LogP contribution in [0.1, 0.15) is 37.3 Å². The number of benzene rings is 2. The first kappa shape index (κ1) is 26.9. The summed E-state index contributed by atoms with van der Waals surface area (Å²) in [5.41, 5.74) is 2.03. The lowest BCUT2D eigenvalue weighted by atomic mass is 9.98. The Labute approximate surface area is 199 Å². The van der Waals surface area contributed by atoms with Crippen molar-refractivity contribution in [1.82, 2.24) is 0 Å². The number of aliphatic hydroxyl groups excluding tert-OH is 2. The second-order valence-electron chi connectivity index (χ2n) is 8.21. The van der Waals surface area contributed by atoms with E-state index < -0.39 is 16.7 Å². The SMILES string of the molecule is C=CC[C@H](C)[C@H](C[C@@H](O)CCO)[S-](=O)=[N+](Cc1ccc(OC)cc1)Cc1ccc(OC)cc1. The molecule has 0 bridgehead atoms. The minimum Gasteiger partial charge on any atom is -0.497 e. The van der Waals surface area contributed by atoms with Gasteiger partial charge in [0.15, 0.2) is 0 Å². The minimum absolute atomic E-state index is 0.0610. The summed E-state index contributed by atoms with van der Waals surface area (Å²) in [4.78, 5) is 0. The smallest absolute Gasteiger partial charge is 0.149 e. The summed E-state index contributed by atoms with van der Waals surface area (Å²) in [6.45, 7) is 6.73. The third kappa shape index (κ3) is 8.50. The molecule has 0 saturated heterocycles. The van der Waals surface area contributed by atoms with Crippen molar-refractivity contribution < 1.29 is 27.8 Å². The van der Waals surface area contributed by atoms with Crippen LogP contribution in [0.5, 0.6) is 11.5 Å². The number of hydrogen-bond acceptors (Lipinski definition) is 6. The highest BCUT2D eigenvalue weighted by Crippen LogP contribution is 2.22. The second-order valence-corrected chi connectivity index (χ2v) is 9.89. The molecule has 3 atom stereocenters. The zero-order chi connectivity index (χ0) is 24.2. The van der Waals surface area contributed by atoms with Gasteiger partial charge in [0.1, 0.15) is 24.6 Å². The fourth-order valence-electron chi connectivity index (χ4n) is 3.71. The third-order valence-electron chi connectivity index (χ3n) is 5.69. The van der Waals surface area contributed by atoms with E-state index in [9.17, 15) is 14.4 Å². The van der Waals surface area contributed by atoms with Crippen LogP contribution in [-0.2, 0) is 27.9 Å². The molecular weight excluding hydrogens is 438 g/mol. The van der Waals surface area contributed by atoms with Crippen LogP contribution in [0.15, 0.2) is 61.2 Å². The lowest BCUT2D eigenvalue weighted by Gasteiger charge is -2.28. The lowest BCUT2D eigenvalue weighted by molar-refractivity contribution is -0.536. The maximum atomic E-state index is 13.9. The Balaban J connectivity index is 2.45. The van der Waals surface area contributed by atoms with Gasteiger partial charge in [0.05, 0.1) is 20.3 Å². The summed E-state index contributed by atoms with van der Waals surface area (Å²) in [6, 6.07) is 15.5. The fraction of sp³-hybridized carbons (Fsp3) is 0.462. The fourth-order valence-corrected chi connectivity index (χ4v) is 5.54. The van der Waals surface area contributed by atoms with E-state index in [0.717, 1.165) is 22.6 Å². The minimum atomic E-state index is -1.39. The molecule has 0 aliphatic carbocycles. The average molecular weight is 476 g/mol. The Morgan fingerprint density at radius 1 is 1.00 bits per heavy atom. The number of nitrogens with zero attached hydrogens (tertiary/aromatic N) is 1. The van der Waals surface area contributed by atoms with Crippen LogP contribution in [-0.4, -0.2) is 46.3 Å². The Morgan fingerprint density at radius 2 is 1.48 bits per heavy atom. The molecule has 0 aliphatic heterocycles. The normalized spacial score (nSPS) is 13.9. The molecule has 2 aromatic rings. The molecule has 0 unspecified atom stereocenters. The molecule has 0 saturated carbocycles. The molecule has 0 spiro atoms. The van der Waals surface area contributed by atoms with Crippen LogP contribution < -0.4 is 9.47 Å². The highest BCUT2D eigenvalue weighted by molar-refractivity contribution is 7.73. The Hall–Kier alpha value is -2.35. The molecule has 33 heavy (non-hydrogen) atoms. The van der Waals surface area contributed by atoms with E-state index >= 15 is 0 Å². The van der Waals surface area contributed by atoms with E-state index in [-0.39, 0.29) is 24.2 Å². The van der Waals surface area contributed by atoms with E-state index in [1.54, 1.807) is 14.2 Å². The third-order valence-corrected chi connectivity index (χ3v) is 7.63. The first-order valence-corrected chi connectivity index (χ1v) is 12.4. The van der Waals surface area contributed by atoms with Gasteiger partial charge in [-0.25, -0.2) is 0 Å². The molecule has 2 aromatic carbocycles.